The summed E-state index contributed by atoms with van der Waals surface area (Å²) in [4.78, 5) is 19.8. The zero-order chi connectivity index (χ0) is 22.9. The van der Waals surface area contributed by atoms with E-state index in [1.54, 1.807) is 6.20 Å². The van der Waals surface area contributed by atoms with Crippen LogP contribution >= 0.6 is 0 Å². The maximum atomic E-state index is 12.9. The monoisotopic (exact) mass is 436 g/mol. The van der Waals surface area contributed by atoms with Gasteiger partial charge in [0, 0.05) is 30.4 Å². The van der Waals surface area contributed by atoms with Gasteiger partial charge >= 0.3 is 0 Å². The number of nitrogens with zero attached hydrogens (tertiary/aromatic N) is 2. The number of aryl methyl sites for hydroxylation is 1. The van der Waals surface area contributed by atoms with Crippen LogP contribution in [0.2, 0.25) is 0 Å². The van der Waals surface area contributed by atoms with Crippen LogP contribution in [0.4, 0.5) is 5.82 Å². The van der Waals surface area contributed by atoms with E-state index in [0.29, 0.717) is 24.4 Å². The molecule has 1 atom stereocenters. The van der Waals surface area contributed by atoms with Crippen molar-refractivity contribution in [3.05, 3.63) is 47.2 Å². The summed E-state index contributed by atoms with van der Waals surface area (Å²) >= 11 is 0. The molecule has 1 unspecified atom stereocenters. The van der Waals surface area contributed by atoms with E-state index in [1.165, 1.54) is 30.5 Å². The van der Waals surface area contributed by atoms with Crippen LogP contribution in [0, 0.1) is 6.92 Å². The average molecular weight is 437 g/mol. The number of aromatic nitrogens is 1. The smallest absolute Gasteiger partial charge is 0.255 e. The van der Waals surface area contributed by atoms with Crippen molar-refractivity contribution in [2.24, 2.45) is 0 Å². The van der Waals surface area contributed by atoms with Gasteiger partial charge < -0.3 is 16.2 Å². The van der Waals surface area contributed by atoms with Crippen LogP contribution in [-0.4, -0.2) is 45.1 Å². The molecule has 1 aliphatic carbocycles. The number of amides is 1. The van der Waals surface area contributed by atoms with Gasteiger partial charge in [0.25, 0.3) is 5.91 Å². The Hall–Kier alpha value is -2.44. The van der Waals surface area contributed by atoms with E-state index in [2.05, 4.69) is 47.2 Å². The second-order valence-corrected chi connectivity index (χ2v) is 10.0. The summed E-state index contributed by atoms with van der Waals surface area (Å²) in [6.45, 7) is 8.41. The number of carbonyl (C=O) groups is 1. The minimum Gasteiger partial charge on any atom is -0.390 e. The number of rotatable bonds is 5. The molecule has 2 fully saturated rings. The summed E-state index contributed by atoms with van der Waals surface area (Å²) < 4.78 is 0. The van der Waals surface area contributed by atoms with Crippen LogP contribution in [0.25, 0.3) is 11.1 Å². The van der Waals surface area contributed by atoms with Crippen LogP contribution in [0.15, 0.2) is 30.5 Å². The van der Waals surface area contributed by atoms with E-state index in [9.17, 15) is 9.90 Å². The predicted octanol–water partition coefficient (Wildman–Crippen LogP) is 4.05. The van der Waals surface area contributed by atoms with Crippen molar-refractivity contribution in [3.8, 4) is 11.1 Å². The maximum absolute atomic E-state index is 12.9. The summed E-state index contributed by atoms with van der Waals surface area (Å²) in [6, 6.07) is 9.10. The van der Waals surface area contributed by atoms with Crippen molar-refractivity contribution in [2.75, 3.05) is 12.3 Å². The van der Waals surface area contributed by atoms with Gasteiger partial charge in [-0.05, 0) is 88.6 Å². The Balaban J connectivity index is 1.49. The van der Waals surface area contributed by atoms with Gasteiger partial charge in [0.1, 0.15) is 5.82 Å². The van der Waals surface area contributed by atoms with E-state index in [-0.39, 0.29) is 17.8 Å². The average Bonchev–Trinajstić information content (AvgIpc) is 3.14. The van der Waals surface area contributed by atoms with Crippen LogP contribution < -0.4 is 11.1 Å². The first-order valence-corrected chi connectivity index (χ1v) is 11.8. The number of anilines is 1. The van der Waals surface area contributed by atoms with E-state index in [0.717, 1.165) is 30.5 Å². The second kappa shape index (κ2) is 9.20. The SMILES string of the molecule is Cc1cc(CN2CCCC2C)ccc1-c1cnc(N)c(C(=O)NC2CCC(C)(O)CC2)c1. The van der Waals surface area contributed by atoms with Crippen LogP contribution in [0.5, 0.6) is 0 Å². The molecular weight excluding hydrogens is 400 g/mol. The zero-order valence-corrected chi connectivity index (χ0v) is 19.5. The molecule has 4 rings (SSSR count). The molecule has 2 aliphatic rings. The first kappa shape index (κ1) is 22.7. The minimum atomic E-state index is -0.627. The van der Waals surface area contributed by atoms with E-state index in [1.807, 2.05) is 13.0 Å². The van der Waals surface area contributed by atoms with E-state index < -0.39 is 5.60 Å². The van der Waals surface area contributed by atoms with Crippen molar-refractivity contribution < 1.29 is 9.90 Å². The molecule has 0 spiro atoms. The molecule has 0 radical (unpaired) electrons. The Labute approximate surface area is 191 Å². The summed E-state index contributed by atoms with van der Waals surface area (Å²) in [7, 11) is 0. The van der Waals surface area contributed by atoms with Crippen molar-refractivity contribution >= 4 is 11.7 Å². The lowest BCUT2D eigenvalue weighted by molar-refractivity contribution is 0.0140. The number of nitrogens with one attached hydrogen (secondary N) is 1. The van der Waals surface area contributed by atoms with E-state index in [4.69, 9.17) is 5.73 Å². The number of nitrogen functional groups attached to an aromatic ring is 1. The molecule has 6 heteroatoms. The lowest BCUT2D eigenvalue weighted by Crippen LogP contribution is -2.42. The third-order valence-electron chi connectivity index (χ3n) is 7.24. The molecule has 1 saturated carbocycles. The fraction of sp³-hybridized carbons (Fsp3) is 0.538. The Morgan fingerprint density at radius 1 is 1.28 bits per heavy atom. The Morgan fingerprint density at radius 3 is 2.69 bits per heavy atom. The minimum absolute atomic E-state index is 0.0554. The van der Waals surface area contributed by atoms with Gasteiger partial charge in [0.2, 0.25) is 0 Å². The zero-order valence-electron chi connectivity index (χ0n) is 19.5. The number of hydrogen-bond donors (Lipinski definition) is 3. The molecule has 2 heterocycles. The summed E-state index contributed by atoms with van der Waals surface area (Å²) in [6.07, 6.45) is 7.21. The third kappa shape index (κ3) is 5.13. The summed E-state index contributed by atoms with van der Waals surface area (Å²) in [5.41, 5.74) is 10.3. The highest BCUT2D eigenvalue weighted by molar-refractivity contribution is 5.99. The number of benzene rings is 1. The van der Waals surface area contributed by atoms with Gasteiger partial charge in [0.15, 0.2) is 0 Å². The number of pyridine rings is 1. The molecule has 1 amide bonds. The molecule has 6 nitrogen and oxygen atoms in total. The van der Waals surface area contributed by atoms with Crippen molar-refractivity contribution in [1.29, 1.82) is 0 Å². The molecule has 0 bridgehead atoms. The van der Waals surface area contributed by atoms with Gasteiger partial charge in [-0.25, -0.2) is 4.98 Å². The number of hydrogen-bond acceptors (Lipinski definition) is 5. The quantitative estimate of drug-likeness (QED) is 0.658. The highest BCUT2D eigenvalue weighted by Crippen LogP contribution is 2.30. The largest absolute Gasteiger partial charge is 0.390 e. The molecule has 172 valence electrons. The first-order chi connectivity index (χ1) is 15.2. The Bertz CT molecular complexity index is 978. The van der Waals surface area contributed by atoms with Gasteiger partial charge in [-0.15, -0.1) is 0 Å². The highest BCUT2D eigenvalue weighted by atomic mass is 16.3. The lowest BCUT2D eigenvalue weighted by atomic mass is 9.83. The van der Waals surface area contributed by atoms with Gasteiger partial charge in [-0.3, -0.25) is 9.69 Å². The van der Waals surface area contributed by atoms with E-state index >= 15 is 0 Å². The Kier molecular flexibility index (Phi) is 6.54. The van der Waals surface area contributed by atoms with Gasteiger partial charge in [-0.1, -0.05) is 18.2 Å². The van der Waals surface area contributed by atoms with Crippen molar-refractivity contribution in [2.45, 2.75) is 83.5 Å². The molecule has 1 aromatic carbocycles. The number of likely N-dealkylation sites (tertiary alicyclic amines) is 1. The lowest BCUT2D eigenvalue weighted by Gasteiger charge is -2.33. The topological polar surface area (TPSA) is 91.5 Å². The van der Waals surface area contributed by atoms with Crippen LogP contribution in [0.3, 0.4) is 0 Å². The number of nitrogens with two attached hydrogens (primary N) is 1. The van der Waals surface area contributed by atoms with Gasteiger partial charge in [-0.2, -0.15) is 0 Å². The molecule has 1 saturated heterocycles. The van der Waals surface area contributed by atoms with Crippen molar-refractivity contribution in [3.63, 3.8) is 0 Å². The molecule has 1 aromatic heterocycles. The molecular formula is C26H36N4O2. The molecule has 2 aromatic rings. The highest BCUT2D eigenvalue weighted by Gasteiger charge is 2.30. The second-order valence-electron chi connectivity index (χ2n) is 10.0. The molecule has 1 aliphatic heterocycles. The summed E-state index contributed by atoms with van der Waals surface area (Å²) in [5, 5.41) is 13.2. The molecule has 4 N–H and O–H groups in total. The first-order valence-electron chi connectivity index (χ1n) is 11.8. The van der Waals surface area contributed by atoms with Crippen LogP contribution in [-0.2, 0) is 6.54 Å². The molecule has 32 heavy (non-hydrogen) atoms. The maximum Gasteiger partial charge on any atom is 0.255 e. The normalized spacial score (nSPS) is 26.2. The number of aliphatic hydroxyl groups is 1. The third-order valence-corrected chi connectivity index (χ3v) is 7.24. The predicted molar refractivity (Wildman–Crippen MR) is 128 cm³/mol. The standard InChI is InChI=1S/C26H36N4O2/c1-17-13-19(16-30-12-4-5-18(30)2)6-7-22(17)20-14-23(24(27)28-15-20)25(31)29-21-8-10-26(3,32)11-9-21/h6-7,13-15,18,21,32H,4-5,8-12,16H2,1-3H3,(H2,27,28)(H,29,31). The van der Waals surface area contributed by atoms with Crippen molar-refractivity contribution in [1.82, 2.24) is 15.2 Å². The Morgan fingerprint density at radius 2 is 2.03 bits per heavy atom. The van der Waals surface area contributed by atoms with Crippen LogP contribution in [0.1, 0.15) is 73.9 Å². The summed E-state index contributed by atoms with van der Waals surface area (Å²) in [5.74, 6) is 0.0482. The number of carbonyl (C=O) groups excluding carboxylic acids is 1. The van der Waals surface area contributed by atoms with Gasteiger partial charge in [0.05, 0.1) is 11.2 Å². The fourth-order valence-electron chi connectivity index (χ4n) is 5.06. The fourth-order valence-corrected chi connectivity index (χ4v) is 5.06.